The van der Waals surface area contributed by atoms with Gasteiger partial charge in [-0.25, -0.2) is 14.3 Å². The average molecular weight is 320 g/mol. The van der Waals surface area contributed by atoms with Crippen molar-refractivity contribution in [1.29, 1.82) is 0 Å². The normalized spacial score (nSPS) is 23.9. The Balaban J connectivity index is 2.42. The lowest BCUT2D eigenvalue weighted by Gasteiger charge is -2.19. The molecule has 0 saturated carbocycles. The molecule has 1 fully saturated rings. The Labute approximate surface area is 120 Å². The third-order valence-electron chi connectivity index (χ3n) is 3.31. The van der Waals surface area contributed by atoms with Crippen LogP contribution in [0.3, 0.4) is 0 Å². The molecule has 0 aliphatic carbocycles. The molecule has 1 aliphatic rings. The van der Waals surface area contributed by atoms with Gasteiger partial charge in [0.2, 0.25) is 0 Å². The van der Waals surface area contributed by atoms with Gasteiger partial charge in [-0.1, -0.05) is 18.3 Å². The molecule has 20 heavy (non-hydrogen) atoms. The molecule has 10 heteroatoms. The minimum atomic E-state index is -3.71. The van der Waals surface area contributed by atoms with E-state index in [0.717, 1.165) is 23.8 Å². The number of hydrogen-bond acceptors (Lipinski definition) is 7. The molecule has 1 aromatic rings. The van der Waals surface area contributed by atoms with Crippen LogP contribution in [-0.4, -0.2) is 30.2 Å². The van der Waals surface area contributed by atoms with Gasteiger partial charge in [-0.15, -0.1) is 0 Å². The van der Waals surface area contributed by atoms with E-state index >= 15 is 0 Å². The van der Waals surface area contributed by atoms with Crippen molar-refractivity contribution in [3.63, 3.8) is 0 Å². The largest absolute Gasteiger partial charge is 0.310 e. The second-order valence-electron chi connectivity index (χ2n) is 4.95. The van der Waals surface area contributed by atoms with Crippen LogP contribution in [-0.2, 0) is 10.0 Å². The smallest absolute Gasteiger partial charge is 0.306 e. The van der Waals surface area contributed by atoms with Gasteiger partial charge in [-0.3, -0.25) is 10.1 Å². The van der Waals surface area contributed by atoms with Gasteiger partial charge < -0.3 is 5.43 Å². The zero-order chi connectivity index (χ0) is 15.1. The monoisotopic (exact) mass is 320 g/mol. The molecular formula is C10H16N4O4S2. The number of nitrogens with two attached hydrogens (primary N) is 1. The molecule has 0 aromatic carbocycles. The lowest BCUT2D eigenvalue weighted by Crippen LogP contribution is -2.33. The SMILES string of the molecule is CC1CC(C)N(S(=O)(=O)c2cc([N+](=O)[O-])c(NN)s2)C1. The molecule has 1 aliphatic heterocycles. The maximum Gasteiger partial charge on any atom is 0.306 e. The molecule has 112 valence electrons. The highest BCUT2D eigenvalue weighted by atomic mass is 32.2. The second-order valence-corrected chi connectivity index (χ2v) is 8.12. The first-order valence-corrected chi connectivity index (χ1v) is 8.29. The number of hydrogen-bond donors (Lipinski definition) is 2. The fourth-order valence-electron chi connectivity index (χ4n) is 2.44. The summed E-state index contributed by atoms with van der Waals surface area (Å²) in [5, 5.41) is 10.9. The van der Waals surface area contributed by atoms with E-state index in [1.54, 1.807) is 0 Å². The summed E-state index contributed by atoms with van der Waals surface area (Å²) in [6.45, 7) is 4.25. The Morgan fingerprint density at radius 1 is 1.55 bits per heavy atom. The van der Waals surface area contributed by atoms with E-state index in [4.69, 9.17) is 5.84 Å². The Morgan fingerprint density at radius 3 is 2.60 bits per heavy atom. The molecular weight excluding hydrogens is 304 g/mol. The highest BCUT2D eigenvalue weighted by Gasteiger charge is 2.38. The Hall–Kier alpha value is -1.23. The summed E-state index contributed by atoms with van der Waals surface area (Å²) in [6, 6.07) is 0.954. The Morgan fingerprint density at radius 2 is 2.20 bits per heavy atom. The van der Waals surface area contributed by atoms with Crippen LogP contribution in [0.25, 0.3) is 0 Å². The van der Waals surface area contributed by atoms with Gasteiger partial charge in [0.25, 0.3) is 10.0 Å². The summed E-state index contributed by atoms with van der Waals surface area (Å²) in [7, 11) is -3.71. The quantitative estimate of drug-likeness (QED) is 0.491. The predicted molar refractivity (Wildman–Crippen MR) is 75.9 cm³/mol. The molecule has 0 bridgehead atoms. The van der Waals surface area contributed by atoms with E-state index in [1.165, 1.54) is 4.31 Å². The van der Waals surface area contributed by atoms with Gasteiger partial charge in [0, 0.05) is 18.7 Å². The molecule has 0 radical (unpaired) electrons. The number of nitro groups is 1. The van der Waals surface area contributed by atoms with Gasteiger partial charge in [-0.2, -0.15) is 4.31 Å². The fourth-order valence-corrected chi connectivity index (χ4v) is 5.57. The molecule has 2 heterocycles. The van der Waals surface area contributed by atoms with Crippen molar-refractivity contribution in [3.05, 3.63) is 16.2 Å². The number of sulfonamides is 1. The van der Waals surface area contributed by atoms with Crippen molar-refractivity contribution in [2.75, 3.05) is 12.0 Å². The zero-order valence-electron chi connectivity index (χ0n) is 11.1. The molecule has 3 N–H and O–H groups in total. The van der Waals surface area contributed by atoms with Gasteiger partial charge in [0.1, 0.15) is 4.21 Å². The van der Waals surface area contributed by atoms with Gasteiger partial charge in [0.05, 0.1) is 4.92 Å². The number of hydrazine groups is 1. The maximum atomic E-state index is 12.5. The third kappa shape index (κ3) is 2.51. The standard InChI is InChI=1S/C10H16N4O4S2/c1-6-3-7(2)13(5-6)20(17,18)9-4-8(14(15)16)10(12-11)19-9/h4,6-7,12H,3,5,11H2,1-2H3. The van der Waals surface area contributed by atoms with Crippen molar-refractivity contribution >= 4 is 32.0 Å². The van der Waals surface area contributed by atoms with E-state index in [1.807, 2.05) is 13.8 Å². The number of anilines is 1. The number of rotatable bonds is 4. The molecule has 2 rings (SSSR count). The van der Waals surface area contributed by atoms with Crippen molar-refractivity contribution in [1.82, 2.24) is 4.31 Å². The first kappa shape index (κ1) is 15.2. The van der Waals surface area contributed by atoms with Crippen LogP contribution in [0, 0.1) is 16.0 Å². The average Bonchev–Trinajstić information content (AvgIpc) is 2.92. The summed E-state index contributed by atoms with van der Waals surface area (Å²) < 4.78 is 26.4. The van der Waals surface area contributed by atoms with Crippen molar-refractivity contribution < 1.29 is 13.3 Å². The number of thiophene rings is 1. The summed E-state index contributed by atoms with van der Waals surface area (Å²) >= 11 is 0.777. The minimum absolute atomic E-state index is 0.0356. The molecule has 1 aromatic heterocycles. The summed E-state index contributed by atoms with van der Waals surface area (Å²) in [5.41, 5.74) is 1.85. The molecule has 2 unspecified atom stereocenters. The first-order chi connectivity index (χ1) is 9.27. The minimum Gasteiger partial charge on any atom is -0.310 e. The first-order valence-electron chi connectivity index (χ1n) is 6.04. The number of nitrogens with one attached hydrogen (secondary N) is 1. The molecule has 0 amide bonds. The number of nitrogens with zero attached hydrogens (tertiary/aromatic N) is 2. The number of nitrogen functional groups attached to an aromatic ring is 1. The Bertz CT molecular complexity index is 627. The van der Waals surface area contributed by atoms with Gasteiger partial charge in [-0.05, 0) is 19.3 Å². The van der Waals surface area contributed by atoms with E-state index in [9.17, 15) is 18.5 Å². The second kappa shape index (κ2) is 5.28. The summed E-state index contributed by atoms with van der Waals surface area (Å²) in [4.78, 5) is 10.2. The summed E-state index contributed by atoms with van der Waals surface area (Å²) in [6.07, 6.45) is 0.786. The van der Waals surface area contributed by atoms with Crippen molar-refractivity contribution in [2.24, 2.45) is 11.8 Å². The van der Waals surface area contributed by atoms with Crippen LogP contribution in [0.5, 0.6) is 0 Å². The van der Waals surface area contributed by atoms with Crippen LogP contribution < -0.4 is 11.3 Å². The van der Waals surface area contributed by atoms with E-state index < -0.39 is 14.9 Å². The fraction of sp³-hybridized carbons (Fsp3) is 0.600. The van der Waals surface area contributed by atoms with Crippen molar-refractivity contribution in [2.45, 2.75) is 30.5 Å². The molecule has 1 saturated heterocycles. The molecule has 2 atom stereocenters. The van der Waals surface area contributed by atoms with Crippen molar-refractivity contribution in [3.8, 4) is 0 Å². The van der Waals surface area contributed by atoms with Crippen LogP contribution in [0.4, 0.5) is 10.7 Å². The van der Waals surface area contributed by atoms with Crippen LogP contribution in [0.1, 0.15) is 20.3 Å². The summed E-state index contributed by atoms with van der Waals surface area (Å²) in [5.74, 6) is 5.47. The van der Waals surface area contributed by atoms with E-state index in [2.05, 4.69) is 5.43 Å². The maximum absolute atomic E-state index is 12.5. The predicted octanol–water partition coefficient (Wildman–Crippen LogP) is 1.36. The topological polar surface area (TPSA) is 119 Å². The van der Waals surface area contributed by atoms with Crippen LogP contribution in [0.2, 0.25) is 0 Å². The lowest BCUT2D eigenvalue weighted by atomic mass is 10.1. The van der Waals surface area contributed by atoms with Crippen LogP contribution >= 0.6 is 11.3 Å². The Kier molecular flexibility index (Phi) is 4.00. The molecule has 0 spiro atoms. The highest BCUT2D eigenvalue weighted by Crippen LogP contribution is 2.39. The van der Waals surface area contributed by atoms with Gasteiger partial charge in [0.15, 0.2) is 5.00 Å². The lowest BCUT2D eigenvalue weighted by molar-refractivity contribution is -0.383. The van der Waals surface area contributed by atoms with E-state index in [0.29, 0.717) is 6.54 Å². The van der Waals surface area contributed by atoms with Gasteiger partial charge >= 0.3 is 5.69 Å². The van der Waals surface area contributed by atoms with E-state index in [-0.39, 0.29) is 26.9 Å². The highest BCUT2D eigenvalue weighted by molar-refractivity contribution is 7.91. The molecule has 8 nitrogen and oxygen atoms in total. The van der Waals surface area contributed by atoms with Crippen LogP contribution in [0.15, 0.2) is 10.3 Å². The third-order valence-corrected chi connectivity index (χ3v) is 6.79. The zero-order valence-corrected chi connectivity index (χ0v) is 12.7.